The highest BCUT2D eigenvalue weighted by atomic mass is 16.2. The molecule has 4 nitrogen and oxygen atoms in total. The zero-order valence-corrected chi connectivity index (χ0v) is 21.4. The van der Waals surface area contributed by atoms with Crippen LogP contribution in [0.2, 0.25) is 0 Å². The first-order chi connectivity index (χ1) is 16.8. The molecule has 0 heterocycles. The van der Waals surface area contributed by atoms with Gasteiger partial charge >= 0.3 is 0 Å². The number of hydrogen-bond donors (Lipinski definition) is 2. The van der Waals surface area contributed by atoms with E-state index in [2.05, 4.69) is 55.3 Å². The molecule has 1 aromatic carbocycles. The number of fused-ring (bicyclic) bond motifs is 4. The van der Waals surface area contributed by atoms with E-state index in [-0.39, 0.29) is 29.5 Å². The molecular weight excluding hydrogens is 434 g/mol. The number of nitrogens with one attached hydrogen (secondary N) is 1. The van der Waals surface area contributed by atoms with Crippen molar-refractivity contribution in [3.63, 3.8) is 0 Å². The number of carbonyl (C=O) groups excluding carboxylic acids is 2. The minimum absolute atomic E-state index is 0.136. The first-order valence-electron chi connectivity index (χ1n) is 13.1. The third-order valence-electron chi connectivity index (χ3n) is 9.87. The predicted molar refractivity (Wildman–Crippen MR) is 139 cm³/mol. The van der Waals surface area contributed by atoms with Gasteiger partial charge in [-0.3, -0.25) is 9.59 Å². The third kappa shape index (κ3) is 3.54. The van der Waals surface area contributed by atoms with Gasteiger partial charge in [-0.05, 0) is 97.1 Å². The van der Waals surface area contributed by atoms with Crippen LogP contribution < -0.4 is 5.32 Å². The molecule has 0 radical (unpaired) electrons. The lowest BCUT2D eigenvalue weighted by atomic mass is 9.47. The molecule has 184 valence electrons. The Morgan fingerprint density at radius 3 is 2.63 bits per heavy atom. The molecule has 2 saturated carbocycles. The molecule has 6 atom stereocenters. The van der Waals surface area contributed by atoms with Gasteiger partial charge in [-0.2, -0.15) is 0 Å². The molecule has 0 aromatic heterocycles. The van der Waals surface area contributed by atoms with Crippen molar-refractivity contribution in [2.75, 3.05) is 19.0 Å². The highest BCUT2D eigenvalue weighted by molar-refractivity contribution is 5.93. The van der Waals surface area contributed by atoms with Crippen LogP contribution in [0.15, 0.2) is 47.1 Å². The molecule has 0 saturated heterocycles. The third-order valence-corrected chi connectivity index (χ3v) is 9.87. The van der Waals surface area contributed by atoms with Gasteiger partial charge in [-0.15, -0.1) is 0 Å². The second-order valence-electron chi connectivity index (χ2n) is 11.4. The van der Waals surface area contributed by atoms with Crippen molar-refractivity contribution in [3.8, 4) is 11.8 Å². The summed E-state index contributed by atoms with van der Waals surface area (Å²) in [5.74, 6) is 7.88. The van der Waals surface area contributed by atoms with Crippen molar-refractivity contribution in [1.82, 2.24) is 0 Å². The molecule has 1 aromatic rings. The van der Waals surface area contributed by atoms with E-state index in [9.17, 15) is 14.7 Å². The van der Waals surface area contributed by atoms with Crippen LogP contribution in [-0.4, -0.2) is 30.3 Å². The van der Waals surface area contributed by atoms with Crippen LogP contribution in [0, 0.1) is 40.4 Å². The largest absolute Gasteiger partial charge is 0.388 e. The molecule has 2 fully saturated rings. The number of hydrogen-bond acceptors (Lipinski definition) is 4. The average Bonchev–Trinajstić information content (AvgIpc) is 3.15. The zero-order chi connectivity index (χ0) is 25.0. The van der Waals surface area contributed by atoms with E-state index in [0.717, 1.165) is 37.8 Å². The summed E-state index contributed by atoms with van der Waals surface area (Å²) in [5, 5.41) is 12.7. The van der Waals surface area contributed by atoms with Crippen molar-refractivity contribution in [1.29, 1.82) is 0 Å². The summed E-state index contributed by atoms with van der Waals surface area (Å²) in [7, 11) is 1.93. The monoisotopic (exact) mass is 471 g/mol. The van der Waals surface area contributed by atoms with Gasteiger partial charge in [0, 0.05) is 25.1 Å². The molecule has 35 heavy (non-hydrogen) atoms. The summed E-state index contributed by atoms with van der Waals surface area (Å²) in [5.41, 5.74) is 5.56. The Morgan fingerprint density at radius 2 is 1.97 bits per heavy atom. The maximum absolute atomic E-state index is 13.3. The SMILES string of the molecule is CNc1ccc([C@H]2C[C@@]3(C)[C@@H](CC[C@@]3(C#CCO)C(C)=O)[C@@H]3CC(C)C4=CC(=O)CCC4=C32)cc1. The molecule has 2 N–H and O–H groups in total. The zero-order valence-electron chi connectivity index (χ0n) is 21.4. The van der Waals surface area contributed by atoms with Crippen LogP contribution in [0.1, 0.15) is 70.8 Å². The second-order valence-corrected chi connectivity index (χ2v) is 11.4. The molecule has 0 aliphatic heterocycles. The van der Waals surface area contributed by atoms with Gasteiger partial charge in [0.05, 0.1) is 5.41 Å². The number of aliphatic hydroxyl groups is 1. The first-order valence-corrected chi connectivity index (χ1v) is 13.1. The number of rotatable bonds is 3. The second kappa shape index (κ2) is 8.79. The molecule has 1 unspecified atom stereocenters. The van der Waals surface area contributed by atoms with Gasteiger partial charge in [0.2, 0.25) is 0 Å². The number of ketones is 2. The van der Waals surface area contributed by atoms with Gasteiger partial charge in [0.1, 0.15) is 12.4 Å². The van der Waals surface area contributed by atoms with Crippen LogP contribution in [0.5, 0.6) is 0 Å². The maximum atomic E-state index is 13.3. The Kier molecular flexibility index (Phi) is 6.04. The molecule has 4 aliphatic rings. The molecule has 0 amide bonds. The van der Waals surface area contributed by atoms with Crippen molar-refractivity contribution in [2.24, 2.45) is 28.6 Å². The van der Waals surface area contributed by atoms with Gasteiger partial charge in [-0.1, -0.05) is 43.4 Å². The summed E-state index contributed by atoms with van der Waals surface area (Å²) in [6, 6.07) is 8.72. The minimum atomic E-state index is -0.721. The molecule has 4 heteroatoms. The summed E-state index contributed by atoms with van der Waals surface area (Å²) in [6.07, 6.45) is 6.96. The fraction of sp³-hybridized carbons (Fsp3) is 0.548. The van der Waals surface area contributed by atoms with Gasteiger partial charge in [0.15, 0.2) is 5.78 Å². The number of allylic oxidation sites excluding steroid dienone is 4. The van der Waals surface area contributed by atoms with Gasteiger partial charge < -0.3 is 10.4 Å². The summed E-state index contributed by atoms with van der Waals surface area (Å²) in [4.78, 5) is 25.7. The van der Waals surface area contributed by atoms with E-state index >= 15 is 0 Å². The van der Waals surface area contributed by atoms with Crippen LogP contribution in [0.4, 0.5) is 5.69 Å². The van der Waals surface area contributed by atoms with E-state index in [1.165, 1.54) is 22.3 Å². The minimum Gasteiger partial charge on any atom is -0.388 e. The molecular formula is C31H37NO3. The van der Waals surface area contributed by atoms with Crippen molar-refractivity contribution < 1.29 is 14.7 Å². The molecule has 0 bridgehead atoms. The maximum Gasteiger partial charge on any atom is 0.156 e. The van der Waals surface area contributed by atoms with Crippen molar-refractivity contribution in [3.05, 3.63) is 52.6 Å². The topological polar surface area (TPSA) is 66.4 Å². The Balaban J connectivity index is 1.72. The Bertz CT molecular complexity index is 1180. The van der Waals surface area contributed by atoms with Gasteiger partial charge in [-0.25, -0.2) is 0 Å². The lowest BCUT2D eigenvalue weighted by molar-refractivity contribution is -0.130. The Morgan fingerprint density at radius 1 is 1.23 bits per heavy atom. The molecule has 5 rings (SSSR count). The lowest BCUT2D eigenvalue weighted by Gasteiger charge is -2.55. The predicted octanol–water partition coefficient (Wildman–Crippen LogP) is 5.44. The molecule has 4 aliphatic carbocycles. The van der Waals surface area contributed by atoms with Crippen molar-refractivity contribution in [2.45, 2.75) is 65.2 Å². The lowest BCUT2D eigenvalue weighted by Crippen LogP contribution is -2.50. The van der Waals surface area contributed by atoms with E-state index in [1.807, 2.05) is 13.1 Å². The van der Waals surface area contributed by atoms with Crippen LogP contribution >= 0.6 is 0 Å². The van der Waals surface area contributed by atoms with E-state index in [4.69, 9.17) is 0 Å². The molecule has 0 spiro atoms. The average molecular weight is 472 g/mol. The standard InChI is InChI=1S/C31H37NO3/c1-19-16-26-28-12-14-31(20(2)34,13-5-15-33)30(28,3)18-27(21-6-8-22(32-4)9-7-21)29(26)24-11-10-23(35)17-25(19)24/h6-9,17,19,26-28,32-33H,10-12,14-16,18H2,1-4H3/t19?,26-,27+,28-,30-,31-/m0/s1. The highest BCUT2D eigenvalue weighted by Crippen LogP contribution is 2.70. The van der Waals surface area contributed by atoms with Crippen LogP contribution in [-0.2, 0) is 9.59 Å². The number of benzene rings is 1. The first kappa shape index (κ1) is 24.1. The van der Waals surface area contributed by atoms with E-state index < -0.39 is 5.41 Å². The Hall–Kier alpha value is -2.64. The number of aliphatic hydroxyl groups excluding tert-OH is 1. The van der Waals surface area contributed by atoms with Crippen LogP contribution in [0.25, 0.3) is 0 Å². The van der Waals surface area contributed by atoms with E-state index in [1.54, 1.807) is 6.92 Å². The Labute approximate surface area is 209 Å². The number of anilines is 1. The fourth-order valence-corrected chi connectivity index (χ4v) is 8.22. The smallest absolute Gasteiger partial charge is 0.156 e. The van der Waals surface area contributed by atoms with Gasteiger partial charge in [0.25, 0.3) is 0 Å². The normalized spacial score (nSPS) is 35.8. The quantitative estimate of drug-likeness (QED) is 0.576. The van der Waals surface area contributed by atoms with E-state index in [0.29, 0.717) is 24.2 Å². The number of Topliss-reactive ketones (excluding diaryl/α,β-unsaturated/α-hetero) is 1. The summed E-state index contributed by atoms with van der Waals surface area (Å²) >= 11 is 0. The number of carbonyl (C=O) groups is 2. The van der Waals surface area contributed by atoms with Crippen molar-refractivity contribution >= 4 is 17.3 Å². The summed E-state index contributed by atoms with van der Waals surface area (Å²) in [6.45, 7) is 6.04. The highest BCUT2D eigenvalue weighted by Gasteiger charge is 2.65. The summed E-state index contributed by atoms with van der Waals surface area (Å²) < 4.78 is 0. The van der Waals surface area contributed by atoms with Crippen LogP contribution in [0.3, 0.4) is 0 Å². The fourth-order valence-electron chi connectivity index (χ4n) is 8.22.